The molecular weight excluding hydrogens is 202 g/mol. The van der Waals surface area contributed by atoms with Crippen molar-refractivity contribution in [1.82, 2.24) is 9.97 Å². The van der Waals surface area contributed by atoms with Crippen LogP contribution in [-0.2, 0) is 0 Å². The van der Waals surface area contributed by atoms with E-state index in [9.17, 15) is 0 Å². The van der Waals surface area contributed by atoms with Gasteiger partial charge in [0, 0.05) is 18.8 Å². The third-order valence-corrected chi connectivity index (χ3v) is 2.26. The number of anilines is 1. The molecule has 0 amide bonds. The van der Waals surface area contributed by atoms with Crippen molar-refractivity contribution in [1.29, 1.82) is 0 Å². The number of hydrogen-bond acceptors (Lipinski definition) is 4. The Morgan fingerprint density at radius 1 is 1.44 bits per heavy atom. The highest BCUT2D eigenvalue weighted by Crippen LogP contribution is 2.11. The van der Waals surface area contributed by atoms with Crippen molar-refractivity contribution in [2.45, 2.75) is 33.6 Å². The molecule has 0 radical (unpaired) electrons. The molecule has 0 bridgehead atoms. The first-order chi connectivity index (χ1) is 7.76. The Morgan fingerprint density at radius 2 is 2.25 bits per heavy atom. The standard InChI is InChI=1S/C12H21N3O/c1-4-6-10(3)9-16-11-7-8-14-12(15-11)13-5-2/h7-8,10H,4-6,9H2,1-3H3,(H,13,14,15). The van der Waals surface area contributed by atoms with Gasteiger partial charge in [0.25, 0.3) is 0 Å². The summed E-state index contributed by atoms with van der Waals surface area (Å²) in [6.45, 7) is 7.92. The van der Waals surface area contributed by atoms with E-state index in [1.807, 2.05) is 6.92 Å². The van der Waals surface area contributed by atoms with Crippen LogP contribution in [0.4, 0.5) is 5.95 Å². The number of nitrogens with one attached hydrogen (secondary N) is 1. The number of ether oxygens (including phenoxy) is 1. The summed E-state index contributed by atoms with van der Waals surface area (Å²) >= 11 is 0. The molecule has 0 fully saturated rings. The maximum absolute atomic E-state index is 5.62. The molecule has 0 aliphatic rings. The van der Waals surface area contributed by atoms with Crippen molar-refractivity contribution in [3.8, 4) is 5.88 Å². The molecule has 90 valence electrons. The molecule has 1 N–H and O–H groups in total. The van der Waals surface area contributed by atoms with Crippen molar-refractivity contribution in [3.63, 3.8) is 0 Å². The molecule has 1 aromatic rings. The second kappa shape index (κ2) is 7.04. The Bertz CT molecular complexity index is 304. The molecular formula is C12H21N3O. The average molecular weight is 223 g/mol. The van der Waals surface area contributed by atoms with Gasteiger partial charge in [0.15, 0.2) is 0 Å². The molecule has 0 spiro atoms. The second-order valence-corrected chi connectivity index (χ2v) is 3.95. The van der Waals surface area contributed by atoms with Crippen molar-refractivity contribution in [2.75, 3.05) is 18.5 Å². The first-order valence-corrected chi connectivity index (χ1v) is 5.96. The zero-order valence-corrected chi connectivity index (χ0v) is 10.4. The molecule has 4 nitrogen and oxygen atoms in total. The predicted octanol–water partition coefficient (Wildman–Crippen LogP) is 2.72. The summed E-state index contributed by atoms with van der Waals surface area (Å²) in [5, 5.41) is 3.06. The third kappa shape index (κ3) is 4.47. The fourth-order valence-electron chi connectivity index (χ4n) is 1.47. The highest BCUT2D eigenvalue weighted by Gasteiger charge is 2.03. The number of hydrogen-bond donors (Lipinski definition) is 1. The average Bonchev–Trinajstić information content (AvgIpc) is 2.28. The maximum Gasteiger partial charge on any atom is 0.225 e. The lowest BCUT2D eigenvalue weighted by molar-refractivity contribution is 0.243. The van der Waals surface area contributed by atoms with Gasteiger partial charge in [-0.3, -0.25) is 0 Å². The fourth-order valence-corrected chi connectivity index (χ4v) is 1.47. The minimum atomic E-state index is 0.572. The Labute approximate surface area is 97.5 Å². The second-order valence-electron chi connectivity index (χ2n) is 3.95. The molecule has 0 aliphatic heterocycles. The first-order valence-electron chi connectivity index (χ1n) is 5.96. The van der Waals surface area contributed by atoms with Crippen LogP contribution < -0.4 is 10.1 Å². The minimum Gasteiger partial charge on any atom is -0.477 e. The van der Waals surface area contributed by atoms with E-state index in [0.29, 0.717) is 17.7 Å². The maximum atomic E-state index is 5.62. The molecule has 4 heteroatoms. The van der Waals surface area contributed by atoms with Gasteiger partial charge < -0.3 is 10.1 Å². The zero-order chi connectivity index (χ0) is 11.8. The summed E-state index contributed by atoms with van der Waals surface area (Å²) in [6, 6.07) is 1.79. The van der Waals surface area contributed by atoms with Gasteiger partial charge in [-0.25, -0.2) is 4.98 Å². The first kappa shape index (κ1) is 12.7. The van der Waals surface area contributed by atoms with E-state index in [-0.39, 0.29) is 0 Å². The zero-order valence-electron chi connectivity index (χ0n) is 10.4. The summed E-state index contributed by atoms with van der Waals surface area (Å²) in [4.78, 5) is 8.34. The van der Waals surface area contributed by atoms with Crippen LogP contribution in [-0.4, -0.2) is 23.1 Å². The van der Waals surface area contributed by atoms with Crippen molar-refractivity contribution >= 4 is 5.95 Å². The Kier molecular flexibility index (Phi) is 5.61. The highest BCUT2D eigenvalue weighted by molar-refractivity contribution is 5.26. The molecule has 1 atom stereocenters. The van der Waals surface area contributed by atoms with Gasteiger partial charge in [-0.05, 0) is 19.3 Å². The van der Waals surface area contributed by atoms with Gasteiger partial charge >= 0.3 is 0 Å². The van der Waals surface area contributed by atoms with E-state index in [1.165, 1.54) is 12.8 Å². The van der Waals surface area contributed by atoms with E-state index in [2.05, 4.69) is 29.1 Å². The van der Waals surface area contributed by atoms with Crippen LogP contribution >= 0.6 is 0 Å². The van der Waals surface area contributed by atoms with Gasteiger partial charge in [0.2, 0.25) is 11.8 Å². The van der Waals surface area contributed by atoms with Gasteiger partial charge in [-0.15, -0.1) is 0 Å². The van der Waals surface area contributed by atoms with Crippen LogP contribution in [0.25, 0.3) is 0 Å². The molecule has 0 aliphatic carbocycles. The molecule has 1 heterocycles. The quantitative estimate of drug-likeness (QED) is 0.772. The smallest absolute Gasteiger partial charge is 0.225 e. The molecule has 0 aromatic carbocycles. The van der Waals surface area contributed by atoms with Gasteiger partial charge in [-0.1, -0.05) is 20.3 Å². The van der Waals surface area contributed by atoms with Gasteiger partial charge in [0.05, 0.1) is 6.61 Å². The summed E-state index contributed by atoms with van der Waals surface area (Å²) < 4.78 is 5.62. The summed E-state index contributed by atoms with van der Waals surface area (Å²) in [5.74, 6) is 1.85. The van der Waals surface area contributed by atoms with E-state index in [4.69, 9.17) is 4.74 Å². The van der Waals surface area contributed by atoms with Crippen LogP contribution in [0, 0.1) is 5.92 Å². The molecule has 1 unspecified atom stereocenters. The number of aromatic nitrogens is 2. The molecule has 1 aromatic heterocycles. The molecule has 16 heavy (non-hydrogen) atoms. The lowest BCUT2D eigenvalue weighted by atomic mass is 10.1. The largest absolute Gasteiger partial charge is 0.477 e. The van der Waals surface area contributed by atoms with E-state index in [1.54, 1.807) is 12.3 Å². The summed E-state index contributed by atoms with van der Waals surface area (Å²) in [7, 11) is 0. The van der Waals surface area contributed by atoms with E-state index < -0.39 is 0 Å². The highest BCUT2D eigenvalue weighted by atomic mass is 16.5. The number of rotatable bonds is 7. The Hall–Kier alpha value is -1.32. The van der Waals surface area contributed by atoms with Crippen molar-refractivity contribution < 1.29 is 4.74 Å². The van der Waals surface area contributed by atoms with Crippen molar-refractivity contribution in [3.05, 3.63) is 12.3 Å². The summed E-state index contributed by atoms with van der Waals surface area (Å²) in [6.07, 6.45) is 4.09. The summed E-state index contributed by atoms with van der Waals surface area (Å²) in [5.41, 5.74) is 0. The fraction of sp³-hybridized carbons (Fsp3) is 0.667. The Balaban J connectivity index is 2.44. The third-order valence-electron chi connectivity index (χ3n) is 2.26. The van der Waals surface area contributed by atoms with Crippen LogP contribution in [0.1, 0.15) is 33.6 Å². The van der Waals surface area contributed by atoms with E-state index >= 15 is 0 Å². The predicted molar refractivity (Wildman–Crippen MR) is 65.8 cm³/mol. The lowest BCUT2D eigenvalue weighted by Crippen LogP contribution is -2.10. The van der Waals surface area contributed by atoms with Crippen LogP contribution in [0.5, 0.6) is 5.88 Å². The molecule has 0 saturated heterocycles. The lowest BCUT2D eigenvalue weighted by Gasteiger charge is -2.11. The van der Waals surface area contributed by atoms with E-state index in [0.717, 1.165) is 13.2 Å². The number of nitrogens with zero attached hydrogens (tertiary/aromatic N) is 2. The normalized spacial score (nSPS) is 12.2. The monoisotopic (exact) mass is 223 g/mol. The SMILES string of the molecule is CCCC(C)COc1ccnc(NCC)n1. The molecule has 0 saturated carbocycles. The van der Waals surface area contributed by atoms with Crippen LogP contribution in [0.3, 0.4) is 0 Å². The van der Waals surface area contributed by atoms with Gasteiger partial charge in [-0.2, -0.15) is 4.98 Å². The molecule has 1 rings (SSSR count). The minimum absolute atomic E-state index is 0.572. The topological polar surface area (TPSA) is 47.0 Å². The van der Waals surface area contributed by atoms with Crippen LogP contribution in [0.15, 0.2) is 12.3 Å². The van der Waals surface area contributed by atoms with Crippen LogP contribution in [0.2, 0.25) is 0 Å². The van der Waals surface area contributed by atoms with Gasteiger partial charge in [0.1, 0.15) is 0 Å². The van der Waals surface area contributed by atoms with Crippen molar-refractivity contribution in [2.24, 2.45) is 5.92 Å². The Morgan fingerprint density at radius 3 is 2.94 bits per heavy atom.